The highest BCUT2D eigenvalue weighted by Crippen LogP contribution is 2.31. The number of hydrogen-bond donors (Lipinski definition) is 2. The third kappa shape index (κ3) is 3.97. The number of nitrogens with zero attached hydrogens (tertiary/aromatic N) is 1. The van der Waals surface area contributed by atoms with E-state index in [1.165, 1.54) is 37.4 Å². The standard InChI is InChI=1S/C16H22N2O4S/c1-4-12-7-5-10(2)18(12)23-17-15(19)13-8-6-11(16(20)21)9-14(13)22-3/h6,8-10,12H,4-5,7H2,1-3H3,(H,17,19)(H,20,21). The normalized spacial score (nSPS) is 21.2. The third-order valence-electron chi connectivity index (χ3n) is 4.12. The fourth-order valence-electron chi connectivity index (χ4n) is 2.76. The maximum Gasteiger partial charge on any atom is 0.335 e. The zero-order valence-corrected chi connectivity index (χ0v) is 14.4. The van der Waals surface area contributed by atoms with E-state index in [0.29, 0.717) is 17.6 Å². The molecule has 7 heteroatoms. The summed E-state index contributed by atoms with van der Waals surface area (Å²) in [7, 11) is 1.42. The maximum atomic E-state index is 12.4. The molecule has 1 heterocycles. The largest absolute Gasteiger partial charge is 0.496 e. The van der Waals surface area contributed by atoms with Gasteiger partial charge >= 0.3 is 5.97 Å². The van der Waals surface area contributed by atoms with Gasteiger partial charge in [0.25, 0.3) is 5.91 Å². The molecule has 1 aliphatic rings. The second-order valence-corrected chi connectivity index (χ2v) is 6.40. The molecule has 2 atom stereocenters. The number of amides is 1. The Bertz CT molecular complexity index is 593. The third-order valence-corrected chi connectivity index (χ3v) is 5.27. The van der Waals surface area contributed by atoms with Gasteiger partial charge in [0.15, 0.2) is 0 Å². The molecule has 0 aliphatic carbocycles. The molecule has 1 amide bonds. The quantitative estimate of drug-likeness (QED) is 0.777. The second kappa shape index (κ2) is 7.70. The van der Waals surface area contributed by atoms with Crippen molar-refractivity contribution in [3.05, 3.63) is 29.3 Å². The minimum atomic E-state index is -1.05. The summed E-state index contributed by atoms with van der Waals surface area (Å²) >= 11 is 1.32. The van der Waals surface area contributed by atoms with Gasteiger partial charge in [-0.05, 0) is 44.4 Å². The van der Waals surface area contributed by atoms with Crippen LogP contribution in [-0.4, -0.2) is 40.5 Å². The number of carbonyl (C=O) groups is 2. The molecule has 0 saturated carbocycles. The summed E-state index contributed by atoms with van der Waals surface area (Å²) < 4.78 is 10.2. The van der Waals surface area contributed by atoms with Gasteiger partial charge in [-0.15, -0.1) is 0 Å². The molecule has 1 saturated heterocycles. The molecule has 0 radical (unpaired) electrons. The highest BCUT2D eigenvalue weighted by molar-refractivity contribution is 7.95. The smallest absolute Gasteiger partial charge is 0.335 e. The minimum absolute atomic E-state index is 0.0882. The van der Waals surface area contributed by atoms with Crippen molar-refractivity contribution in [2.45, 2.75) is 45.2 Å². The SMILES string of the molecule is CCC1CCC(C)N1SNC(=O)c1ccc(C(=O)O)cc1OC. The van der Waals surface area contributed by atoms with E-state index < -0.39 is 5.97 Å². The summed E-state index contributed by atoms with van der Waals surface area (Å²) in [6.07, 6.45) is 3.30. The summed E-state index contributed by atoms with van der Waals surface area (Å²) in [5.41, 5.74) is 0.412. The molecular formula is C16H22N2O4S. The van der Waals surface area contributed by atoms with Crippen LogP contribution in [0.25, 0.3) is 0 Å². The van der Waals surface area contributed by atoms with Crippen molar-refractivity contribution >= 4 is 24.0 Å². The van der Waals surface area contributed by atoms with Gasteiger partial charge in [0, 0.05) is 24.2 Å². The van der Waals surface area contributed by atoms with E-state index in [-0.39, 0.29) is 17.2 Å². The van der Waals surface area contributed by atoms with E-state index in [2.05, 4.69) is 22.9 Å². The molecular weight excluding hydrogens is 316 g/mol. The minimum Gasteiger partial charge on any atom is -0.496 e. The fraction of sp³-hybridized carbons (Fsp3) is 0.500. The first-order chi connectivity index (χ1) is 11.0. The number of methoxy groups -OCH3 is 1. The average molecular weight is 338 g/mol. The first-order valence-electron chi connectivity index (χ1n) is 7.64. The van der Waals surface area contributed by atoms with Crippen LogP contribution >= 0.6 is 12.1 Å². The highest BCUT2D eigenvalue weighted by Gasteiger charge is 2.30. The number of aromatic carboxylic acids is 1. The Morgan fingerprint density at radius 3 is 2.78 bits per heavy atom. The monoisotopic (exact) mass is 338 g/mol. The number of carboxylic acids is 1. The van der Waals surface area contributed by atoms with Crippen molar-refractivity contribution < 1.29 is 19.4 Å². The number of rotatable bonds is 6. The van der Waals surface area contributed by atoms with Gasteiger partial charge in [-0.25, -0.2) is 9.10 Å². The Kier molecular flexibility index (Phi) is 5.90. The second-order valence-electron chi connectivity index (χ2n) is 5.59. The molecule has 2 N–H and O–H groups in total. The van der Waals surface area contributed by atoms with Crippen LogP contribution < -0.4 is 9.46 Å². The summed E-state index contributed by atoms with van der Waals surface area (Å²) in [4.78, 5) is 23.4. The van der Waals surface area contributed by atoms with Crippen molar-refractivity contribution in [1.82, 2.24) is 9.03 Å². The number of nitrogens with one attached hydrogen (secondary N) is 1. The first-order valence-corrected chi connectivity index (χ1v) is 8.42. The number of ether oxygens (including phenoxy) is 1. The predicted molar refractivity (Wildman–Crippen MR) is 89.6 cm³/mol. The summed E-state index contributed by atoms with van der Waals surface area (Å²) in [5, 5.41) is 9.00. The fourth-order valence-corrected chi connectivity index (χ4v) is 3.74. The molecule has 0 aromatic heterocycles. The van der Waals surface area contributed by atoms with E-state index in [1.807, 2.05) is 0 Å². The van der Waals surface area contributed by atoms with E-state index >= 15 is 0 Å². The van der Waals surface area contributed by atoms with Crippen LogP contribution in [0.5, 0.6) is 5.75 Å². The Morgan fingerprint density at radius 2 is 2.17 bits per heavy atom. The molecule has 1 aliphatic heterocycles. The molecule has 1 aromatic rings. The number of hydrogen-bond acceptors (Lipinski definition) is 5. The van der Waals surface area contributed by atoms with Crippen molar-refractivity contribution in [3.63, 3.8) is 0 Å². The first kappa shape index (κ1) is 17.6. The maximum absolute atomic E-state index is 12.4. The zero-order chi connectivity index (χ0) is 17.0. The van der Waals surface area contributed by atoms with Gasteiger partial charge in [0.1, 0.15) is 5.75 Å². The Labute approximate surface area is 140 Å². The van der Waals surface area contributed by atoms with Crippen LogP contribution in [0, 0.1) is 0 Å². The lowest BCUT2D eigenvalue weighted by Crippen LogP contribution is -2.32. The lowest BCUT2D eigenvalue weighted by molar-refractivity contribution is 0.0695. The molecule has 1 aromatic carbocycles. The van der Waals surface area contributed by atoms with E-state index in [9.17, 15) is 9.59 Å². The lowest BCUT2D eigenvalue weighted by Gasteiger charge is -2.25. The topological polar surface area (TPSA) is 78.9 Å². The molecule has 2 rings (SSSR count). The van der Waals surface area contributed by atoms with Crippen LogP contribution in [0.1, 0.15) is 53.8 Å². The number of carbonyl (C=O) groups excluding carboxylic acids is 1. The molecule has 2 unspecified atom stereocenters. The van der Waals surface area contributed by atoms with Crippen LogP contribution in [0.4, 0.5) is 0 Å². The van der Waals surface area contributed by atoms with Gasteiger partial charge in [-0.1, -0.05) is 6.92 Å². The van der Waals surface area contributed by atoms with Crippen molar-refractivity contribution in [2.75, 3.05) is 7.11 Å². The molecule has 1 fully saturated rings. The lowest BCUT2D eigenvalue weighted by atomic mass is 10.1. The molecule has 0 bridgehead atoms. The highest BCUT2D eigenvalue weighted by atomic mass is 32.2. The van der Waals surface area contributed by atoms with Gasteiger partial charge in [-0.3, -0.25) is 9.52 Å². The van der Waals surface area contributed by atoms with E-state index in [0.717, 1.165) is 19.3 Å². The van der Waals surface area contributed by atoms with Gasteiger partial charge in [0.05, 0.1) is 18.2 Å². The number of carboxylic acid groups (broad SMARTS) is 1. The molecule has 126 valence electrons. The van der Waals surface area contributed by atoms with Crippen molar-refractivity contribution in [2.24, 2.45) is 0 Å². The van der Waals surface area contributed by atoms with Crippen LogP contribution in [-0.2, 0) is 0 Å². The summed E-state index contributed by atoms with van der Waals surface area (Å²) in [6, 6.07) is 5.11. The average Bonchev–Trinajstić information content (AvgIpc) is 2.91. The van der Waals surface area contributed by atoms with Gasteiger partial charge < -0.3 is 9.84 Å². The Balaban J connectivity index is 2.07. The molecule has 0 spiro atoms. The predicted octanol–water partition coefficient (Wildman–Crippen LogP) is 2.95. The van der Waals surface area contributed by atoms with Crippen molar-refractivity contribution in [3.8, 4) is 5.75 Å². The van der Waals surface area contributed by atoms with Crippen LogP contribution in [0.3, 0.4) is 0 Å². The van der Waals surface area contributed by atoms with Crippen molar-refractivity contribution in [1.29, 1.82) is 0 Å². The summed E-state index contributed by atoms with van der Waals surface area (Å²) in [5.74, 6) is -1.09. The zero-order valence-electron chi connectivity index (χ0n) is 13.5. The summed E-state index contributed by atoms with van der Waals surface area (Å²) in [6.45, 7) is 4.29. The Hall–Kier alpha value is -1.73. The molecule has 23 heavy (non-hydrogen) atoms. The van der Waals surface area contributed by atoms with Gasteiger partial charge in [-0.2, -0.15) is 0 Å². The van der Waals surface area contributed by atoms with E-state index in [4.69, 9.17) is 9.84 Å². The van der Waals surface area contributed by atoms with E-state index in [1.54, 1.807) is 0 Å². The van der Waals surface area contributed by atoms with Crippen LogP contribution in [0.2, 0.25) is 0 Å². The Morgan fingerprint density at radius 1 is 1.43 bits per heavy atom. The van der Waals surface area contributed by atoms with Gasteiger partial charge in [0.2, 0.25) is 0 Å². The van der Waals surface area contributed by atoms with Crippen LogP contribution in [0.15, 0.2) is 18.2 Å². The molecule has 6 nitrogen and oxygen atoms in total. The number of benzene rings is 1.